The average molecular weight is 248 g/mol. The summed E-state index contributed by atoms with van der Waals surface area (Å²) in [5, 5.41) is 29.6. The summed E-state index contributed by atoms with van der Waals surface area (Å²) in [5.74, 6) is -1.82. The fourth-order valence-electron chi connectivity index (χ4n) is 1.24. The van der Waals surface area contributed by atoms with E-state index >= 15 is 0 Å². The lowest BCUT2D eigenvalue weighted by Crippen LogP contribution is -2.49. The number of nitrogen functional groups attached to an aromatic ring is 1. The second-order valence-electron chi connectivity index (χ2n) is 3.73. The van der Waals surface area contributed by atoms with Crippen molar-refractivity contribution in [2.75, 3.05) is 30.9 Å². The van der Waals surface area contributed by atoms with E-state index in [0.717, 1.165) is 6.07 Å². The van der Waals surface area contributed by atoms with Crippen LogP contribution in [-0.2, 0) is 0 Å². The van der Waals surface area contributed by atoms with E-state index in [0.29, 0.717) is 6.07 Å². The Hall–Kier alpha value is -1.44. The third kappa shape index (κ3) is 2.82. The molecule has 0 heterocycles. The van der Waals surface area contributed by atoms with E-state index in [4.69, 9.17) is 21.1 Å². The largest absolute Gasteiger partial charge is 0.395 e. The van der Waals surface area contributed by atoms with E-state index in [1.54, 1.807) is 0 Å². The van der Waals surface area contributed by atoms with Crippen molar-refractivity contribution in [1.29, 1.82) is 0 Å². The topological polar surface area (TPSA) is 98.7 Å². The van der Waals surface area contributed by atoms with Crippen molar-refractivity contribution >= 4 is 11.4 Å². The van der Waals surface area contributed by atoms with E-state index in [1.165, 1.54) is 0 Å². The summed E-state index contributed by atoms with van der Waals surface area (Å²) in [4.78, 5) is 0. The number of nitrogens with two attached hydrogens (primary N) is 1. The molecule has 0 atom stereocenters. The average Bonchev–Trinajstić information content (AvgIpc) is 2.32. The van der Waals surface area contributed by atoms with Gasteiger partial charge in [0.25, 0.3) is 0 Å². The standard InChI is InChI=1S/C10H14F2N2O3/c11-6-1-7(12)9(13)8(2-6)14-10(3-15,4-16)5-17/h1-2,14-17H,3-5,13H2. The third-order valence-electron chi connectivity index (χ3n) is 2.40. The van der Waals surface area contributed by atoms with Gasteiger partial charge in [0.1, 0.15) is 11.4 Å². The number of halogens is 2. The second kappa shape index (κ2) is 5.26. The predicted octanol–water partition coefficient (Wildman–Crippen LogP) is -0.325. The zero-order valence-corrected chi connectivity index (χ0v) is 8.95. The van der Waals surface area contributed by atoms with Gasteiger partial charge >= 0.3 is 0 Å². The molecular weight excluding hydrogens is 234 g/mol. The second-order valence-corrected chi connectivity index (χ2v) is 3.73. The maximum absolute atomic E-state index is 13.1. The molecular formula is C10H14F2N2O3. The number of nitrogens with one attached hydrogen (secondary N) is 1. The molecule has 0 saturated heterocycles. The van der Waals surface area contributed by atoms with Crippen molar-refractivity contribution < 1.29 is 24.1 Å². The van der Waals surface area contributed by atoms with Crippen LogP contribution in [0.1, 0.15) is 0 Å². The first-order valence-electron chi connectivity index (χ1n) is 4.83. The highest BCUT2D eigenvalue weighted by Crippen LogP contribution is 2.26. The summed E-state index contributed by atoms with van der Waals surface area (Å²) in [6.45, 7) is -1.88. The first-order valence-corrected chi connectivity index (χ1v) is 4.83. The molecule has 0 aliphatic heterocycles. The van der Waals surface area contributed by atoms with Crippen LogP contribution in [0, 0.1) is 11.6 Å². The first-order chi connectivity index (χ1) is 7.98. The summed E-state index contributed by atoms with van der Waals surface area (Å²) >= 11 is 0. The summed E-state index contributed by atoms with van der Waals surface area (Å²) in [6.07, 6.45) is 0. The first kappa shape index (κ1) is 13.6. The molecule has 0 amide bonds. The number of anilines is 2. The monoisotopic (exact) mass is 248 g/mol. The minimum atomic E-state index is -1.49. The highest BCUT2D eigenvalue weighted by Gasteiger charge is 2.29. The molecule has 6 N–H and O–H groups in total. The van der Waals surface area contributed by atoms with Crippen LogP contribution in [-0.4, -0.2) is 40.7 Å². The smallest absolute Gasteiger partial charge is 0.151 e. The van der Waals surface area contributed by atoms with Crippen molar-refractivity contribution in [3.8, 4) is 0 Å². The maximum Gasteiger partial charge on any atom is 0.151 e. The molecule has 0 fully saturated rings. The summed E-state index contributed by atoms with van der Waals surface area (Å²) in [7, 11) is 0. The van der Waals surface area contributed by atoms with Crippen LogP contribution >= 0.6 is 0 Å². The van der Waals surface area contributed by atoms with Gasteiger partial charge in [0.05, 0.1) is 31.2 Å². The van der Waals surface area contributed by atoms with Gasteiger partial charge in [-0.2, -0.15) is 0 Å². The molecule has 0 bridgehead atoms. The van der Waals surface area contributed by atoms with Gasteiger partial charge < -0.3 is 26.4 Å². The van der Waals surface area contributed by atoms with Crippen molar-refractivity contribution in [2.45, 2.75) is 5.54 Å². The summed E-state index contributed by atoms with van der Waals surface area (Å²) in [5.41, 5.74) is 3.39. The van der Waals surface area contributed by atoms with Crippen molar-refractivity contribution in [3.05, 3.63) is 23.8 Å². The Labute approximate surface area is 96.5 Å². The van der Waals surface area contributed by atoms with E-state index < -0.39 is 37.0 Å². The molecule has 1 aromatic carbocycles. The van der Waals surface area contributed by atoms with Crippen LogP contribution in [0.4, 0.5) is 20.2 Å². The van der Waals surface area contributed by atoms with E-state index in [1.807, 2.05) is 0 Å². The van der Waals surface area contributed by atoms with E-state index in [9.17, 15) is 8.78 Å². The maximum atomic E-state index is 13.1. The van der Waals surface area contributed by atoms with Crippen LogP contribution in [0.2, 0.25) is 0 Å². The van der Waals surface area contributed by atoms with Gasteiger partial charge in [-0.15, -0.1) is 0 Å². The lowest BCUT2D eigenvalue weighted by molar-refractivity contribution is 0.0834. The Morgan fingerprint density at radius 3 is 2.12 bits per heavy atom. The molecule has 5 nitrogen and oxygen atoms in total. The van der Waals surface area contributed by atoms with Crippen molar-refractivity contribution in [2.24, 2.45) is 0 Å². The Balaban J connectivity index is 3.09. The fraction of sp³-hybridized carbons (Fsp3) is 0.400. The Bertz CT molecular complexity index is 389. The molecule has 0 aliphatic carbocycles. The highest BCUT2D eigenvalue weighted by molar-refractivity contribution is 5.67. The van der Waals surface area contributed by atoms with E-state index in [2.05, 4.69) is 5.32 Å². The van der Waals surface area contributed by atoms with Gasteiger partial charge in [0.15, 0.2) is 5.82 Å². The molecule has 1 rings (SSSR count). The molecule has 1 aromatic rings. The van der Waals surface area contributed by atoms with Gasteiger partial charge in [-0.05, 0) is 6.07 Å². The van der Waals surface area contributed by atoms with Crippen LogP contribution in [0.25, 0.3) is 0 Å². The normalized spacial score (nSPS) is 11.6. The predicted molar refractivity (Wildman–Crippen MR) is 58.4 cm³/mol. The lowest BCUT2D eigenvalue weighted by atomic mass is 10.0. The molecule has 0 spiro atoms. The van der Waals surface area contributed by atoms with Gasteiger partial charge in [0, 0.05) is 6.07 Å². The zero-order valence-electron chi connectivity index (χ0n) is 8.95. The zero-order chi connectivity index (χ0) is 13.1. The molecule has 0 aliphatic rings. The minimum Gasteiger partial charge on any atom is -0.395 e. The molecule has 0 unspecified atom stereocenters. The van der Waals surface area contributed by atoms with Crippen molar-refractivity contribution in [3.63, 3.8) is 0 Å². The Morgan fingerprint density at radius 2 is 1.65 bits per heavy atom. The van der Waals surface area contributed by atoms with Gasteiger partial charge in [-0.25, -0.2) is 8.78 Å². The number of aliphatic hydroxyl groups is 3. The third-order valence-corrected chi connectivity index (χ3v) is 2.40. The minimum absolute atomic E-state index is 0.139. The SMILES string of the molecule is Nc1c(F)cc(F)cc1NC(CO)(CO)CO. The Kier molecular flexibility index (Phi) is 4.22. The fourth-order valence-corrected chi connectivity index (χ4v) is 1.24. The van der Waals surface area contributed by atoms with Crippen LogP contribution in [0.5, 0.6) is 0 Å². The summed E-state index contributed by atoms with van der Waals surface area (Å²) < 4.78 is 26.1. The number of rotatable bonds is 5. The number of hydrogen-bond donors (Lipinski definition) is 5. The molecule has 0 aromatic heterocycles. The van der Waals surface area contributed by atoms with Crippen molar-refractivity contribution in [1.82, 2.24) is 0 Å². The highest BCUT2D eigenvalue weighted by atomic mass is 19.1. The molecule has 0 saturated carbocycles. The molecule has 0 radical (unpaired) electrons. The number of benzene rings is 1. The number of hydrogen-bond acceptors (Lipinski definition) is 5. The van der Waals surface area contributed by atoms with E-state index in [-0.39, 0.29) is 11.4 Å². The Morgan fingerprint density at radius 1 is 1.12 bits per heavy atom. The van der Waals surface area contributed by atoms with Gasteiger partial charge in [-0.3, -0.25) is 0 Å². The number of aliphatic hydroxyl groups excluding tert-OH is 3. The summed E-state index contributed by atoms with van der Waals surface area (Å²) in [6, 6.07) is 1.52. The quantitative estimate of drug-likeness (QED) is 0.460. The molecule has 17 heavy (non-hydrogen) atoms. The van der Waals surface area contributed by atoms with Gasteiger partial charge in [-0.1, -0.05) is 0 Å². The molecule has 96 valence electrons. The van der Waals surface area contributed by atoms with Crippen LogP contribution in [0.15, 0.2) is 12.1 Å². The van der Waals surface area contributed by atoms with Crippen LogP contribution < -0.4 is 11.1 Å². The molecule has 7 heteroatoms. The van der Waals surface area contributed by atoms with Gasteiger partial charge in [0.2, 0.25) is 0 Å². The van der Waals surface area contributed by atoms with Crippen LogP contribution in [0.3, 0.4) is 0 Å². The lowest BCUT2D eigenvalue weighted by Gasteiger charge is -2.30.